The van der Waals surface area contributed by atoms with Crippen LogP contribution in [0.5, 0.6) is 0 Å². The number of nitrogens with one attached hydrogen (secondary N) is 2. The maximum absolute atomic E-state index is 12.9. The van der Waals surface area contributed by atoms with Crippen molar-refractivity contribution in [2.45, 2.75) is 39.3 Å². The number of carbonyl (C=O) groups is 2. The van der Waals surface area contributed by atoms with Gasteiger partial charge in [0, 0.05) is 36.9 Å². The predicted molar refractivity (Wildman–Crippen MR) is 101 cm³/mol. The summed E-state index contributed by atoms with van der Waals surface area (Å²) in [7, 11) is 3.99. The molecule has 138 valence electrons. The van der Waals surface area contributed by atoms with Crippen molar-refractivity contribution >= 4 is 17.6 Å². The number of urea groups is 1. The lowest BCUT2D eigenvalue weighted by Crippen LogP contribution is -2.49. The number of benzene rings is 1. The van der Waals surface area contributed by atoms with Gasteiger partial charge in [-0.15, -0.1) is 0 Å². The molecular weight excluding hydrogens is 316 g/mol. The molecule has 1 aliphatic rings. The molecule has 0 spiro atoms. The highest BCUT2D eigenvalue weighted by Gasteiger charge is 2.30. The SMILES string of the molecule is CC(C)NC(=O)Nc1cccc(C(=O)N(C)[C@@H]2CCN(C)C[C@@H]2C)c1. The van der Waals surface area contributed by atoms with E-state index in [2.05, 4.69) is 29.5 Å². The zero-order valence-electron chi connectivity index (χ0n) is 15.9. The number of likely N-dealkylation sites (tertiary alicyclic amines) is 1. The summed E-state index contributed by atoms with van der Waals surface area (Å²) in [5, 5.41) is 5.55. The lowest BCUT2D eigenvalue weighted by Gasteiger charge is -2.40. The number of hydrogen-bond acceptors (Lipinski definition) is 3. The molecule has 6 heteroatoms. The lowest BCUT2D eigenvalue weighted by atomic mass is 9.92. The van der Waals surface area contributed by atoms with Crippen molar-refractivity contribution in [2.75, 3.05) is 32.5 Å². The Morgan fingerprint density at radius 3 is 2.68 bits per heavy atom. The van der Waals surface area contributed by atoms with Crippen molar-refractivity contribution in [1.82, 2.24) is 15.1 Å². The van der Waals surface area contributed by atoms with Gasteiger partial charge in [-0.05, 0) is 58.0 Å². The second-order valence-corrected chi connectivity index (χ2v) is 7.35. The summed E-state index contributed by atoms with van der Waals surface area (Å²) in [6.45, 7) is 8.00. The molecule has 3 amide bonds. The summed E-state index contributed by atoms with van der Waals surface area (Å²) in [5.74, 6) is 0.431. The maximum atomic E-state index is 12.9. The van der Waals surface area contributed by atoms with Gasteiger partial charge in [0.1, 0.15) is 0 Å². The average Bonchev–Trinajstić information content (AvgIpc) is 2.53. The van der Waals surface area contributed by atoms with Crippen LogP contribution in [0.25, 0.3) is 0 Å². The standard InChI is InChI=1S/C19H30N4O2/c1-13(2)20-19(25)21-16-8-6-7-15(11-16)18(24)23(5)17-9-10-22(4)12-14(17)3/h6-8,11,13-14,17H,9-10,12H2,1-5H3,(H2,20,21,25)/t14-,17+/m0/s1. The fourth-order valence-electron chi connectivity index (χ4n) is 3.43. The third kappa shape index (κ3) is 5.19. The molecule has 0 aromatic heterocycles. The molecule has 0 saturated carbocycles. The van der Waals surface area contributed by atoms with E-state index in [1.807, 2.05) is 25.8 Å². The third-order valence-electron chi connectivity index (χ3n) is 4.67. The predicted octanol–water partition coefficient (Wildman–Crippen LogP) is 2.63. The largest absolute Gasteiger partial charge is 0.338 e. The van der Waals surface area contributed by atoms with Crippen molar-refractivity contribution in [3.8, 4) is 0 Å². The Labute approximate surface area is 150 Å². The average molecular weight is 346 g/mol. The number of anilines is 1. The van der Waals surface area contributed by atoms with E-state index in [9.17, 15) is 9.59 Å². The molecule has 1 aromatic carbocycles. The van der Waals surface area contributed by atoms with E-state index in [-0.39, 0.29) is 24.0 Å². The Morgan fingerprint density at radius 2 is 2.04 bits per heavy atom. The van der Waals surface area contributed by atoms with Crippen molar-refractivity contribution in [2.24, 2.45) is 5.92 Å². The smallest absolute Gasteiger partial charge is 0.319 e. The van der Waals surface area contributed by atoms with E-state index in [4.69, 9.17) is 0 Å². The molecule has 0 radical (unpaired) electrons. The van der Waals surface area contributed by atoms with Gasteiger partial charge in [-0.25, -0.2) is 4.79 Å². The Hall–Kier alpha value is -2.08. The molecule has 1 aromatic rings. The lowest BCUT2D eigenvalue weighted by molar-refractivity contribution is 0.0549. The maximum Gasteiger partial charge on any atom is 0.319 e. The molecule has 25 heavy (non-hydrogen) atoms. The van der Waals surface area contributed by atoms with Gasteiger partial charge in [0.25, 0.3) is 5.91 Å². The number of hydrogen-bond donors (Lipinski definition) is 2. The molecule has 1 fully saturated rings. The van der Waals surface area contributed by atoms with Crippen molar-refractivity contribution in [3.63, 3.8) is 0 Å². The van der Waals surface area contributed by atoms with E-state index in [0.29, 0.717) is 17.2 Å². The van der Waals surface area contributed by atoms with Gasteiger partial charge < -0.3 is 20.4 Å². The van der Waals surface area contributed by atoms with Crippen LogP contribution in [-0.2, 0) is 0 Å². The van der Waals surface area contributed by atoms with Crippen LogP contribution < -0.4 is 10.6 Å². The molecule has 2 rings (SSSR count). The number of rotatable bonds is 4. The van der Waals surface area contributed by atoms with Crippen LogP contribution in [0.4, 0.5) is 10.5 Å². The van der Waals surface area contributed by atoms with Gasteiger partial charge in [-0.2, -0.15) is 0 Å². The van der Waals surface area contributed by atoms with Crippen LogP contribution in [0.1, 0.15) is 37.6 Å². The Morgan fingerprint density at radius 1 is 1.32 bits per heavy atom. The Balaban J connectivity index is 2.06. The van der Waals surface area contributed by atoms with E-state index < -0.39 is 0 Å². The highest BCUT2D eigenvalue weighted by molar-refractivity contribution is 5.97. The highest BCUT2D eigenvalue weighted by Crippen LogP contribution is 2.22. The summed E-state index contributed by atoms with van der Waals surface area (Å²) in [5.41, 5.74) is 1.21. The second kappa shape index (κ2) is 8.34. The van der Waals surface area contributed by atoms with E-state index in [1.54, 1.807) is 24.3 Å². The molecule has 2 atom stereocenters. The summed E-state index contributed by atoms with van der Waals surface area (Å²) >= 11 is 0. The van der Waals surface area contributed by atoms with Crippen LogP contribution in [-0.4, -0.2) is 61.0 Å². The second-order valence-electron chi connectivity index (χ2n) is 7.35. The van der Waals surface area contributed by atoms with Crippen LogP contribution >= 0.6 is 0 Å². The highest BCUT2D eigenvalue weighted by atomic mass is 16.2. The van der Waals surface area contributed by atoms with Crippen molar-refractivity contribution in [3.05, 3.63) is 29.8 Å². The topological polar surface area (TPSA) is 64.7 Å². The first-order chi connectivity index (χ1) is 11.8. The first-order valence-electron chi connectivity index (χ1n) is 8.91. The zero-order chi connectivity index (χ0) is 18.6. The zero-order valence-corrected chi connectivity index (χ0v) is 15.9. The van der Waals surface area contributed by atoms with Gasteiger partial charge in [0.2, 0.25) is 0 Å². The summed E-state index contributed by atoms with van der Waals surface area (Å²) < 4.78 is 0. The summed E-state index contributed by atoms with van der Waals surface area (Å²) in [6.07, 6.45) is 0.981. The van der Waals surface area contributed by atoms with Crippen LogP contribution in [0.3, 0.4) is 0 Å². The first kappa shape index (κ1) is 19.2. The van der Waals surface area contributed by atoms with E-state index in [1.165, 1.54) is 0 Å². The van der Waals surface area contributed by atoms with Crippen LogP contribution in [0.15, 0.2) is 24.3 Å². The van der Waals surface area contributed by atoms with Crippen molar-refractivity contribution in [1.29, 1.82) is 0 Å². The number of nitrogens with zero attached hydrogens (tertiary/aromatic N) is 2. The van der Waals surface area contributed by atoms with Gasteiger partial charge in [0.05, 0.1) is 0 Å². The minimum atomic E-state index is -0.267. The number of piperidine rings is 1. The summed E-state index contributed by atoms with van der Waals surface area (Å²) in [6, 6.07) is 7.14. The Bertz CT molecular complexity index is 617. The molecular formula is C19H30N4O2. The molecule has 1 saturated heterocycles. The molecule has 6 nitrogen and oxygen atoms in total. The molecule has 0 aliphatic carbocycles. The summed E-state index contributed by atoms with van der Waals surface area (Å²) in [4.78, 5) is 28.9. The molecule has 2 N–H and O–H groups in total. The molecule has 1 heterocycles. The third-order valence-corrected chi connectivity index (χ3v) is 4.67. The monoisotopic (exact) mass is 346 g/mol. The first-order valence-corrected chi connectivity index (χ1v) is 8.91. The fraction of sp³-hybridized carbons (Fsp3) is 0.579. The Kier molecular flexibility index (Phi) is 6.42. The van der Waals surface area contributed by atoms with Gasteiger partial charge in [-0.3, -0.25) is 4.79 Å². The van der Waals surface area contributed by atoms with Gasteiger partial charge >= 0.3 is 6.03 Å². The normalized spacial score (nSPS) is 21.0. The quantitative estimate of drug-likeness (QED) is 0.881. The van der Waals surface area contributed by atoms with Crippen molar-refractivity contribution < 1.29 is 9.59 Å². The van der Waals surface area contributed by atoms with Crippen LogP contribution in [0.2, 0.25) is 0 Å². The van der Waals surface area contributed by atoms with Gasteiger partial charge in [0.15, 0.2) is 0 Å². The number of amides is 3. The minimum Gasteiger partial charge on any atom is -0.338 e. The van der Waals surface area contributed by atoms with E-state index in [0.717, 1.165) is 19.5 Å². The van der Waals surface area contributed by atoms with E-state index >= 15 is 0 Å². The minimum absolute atomic E-state index is 0.00526. The molecule has 0 unspecified atom stereocenters. The number of carbonyl (C=O) groups excluding carboxylic acids is 2. The van der Waals surface area contributed by atoms with Gasteiger partial charge in [-0.1, -0.05) is 13.0 Å². The molecule has 1 aliphatic heterocycles. The molecule has 0 bridgehead atoms. The van der Waals surface area contributed by atoms with Crippen LogP contribution in [0, 0.1) is 5.92 Å². The fourth-order valence-corrected chi connectivity index (χ4v) is 3.43.